The van der Waals surface area contributed by atoms with E-state index in [1.807, 2.05) is 42.5 Å². The van der Waals surface area contributed by atoms with Crippen molar-refractivity contribution < 1.29 is 9.47 Å². The van der Waals surface area contributed by atoms with E-state index in [0.717, 1.165) is 119 Å². The van der Waals surface area contributed by atoms with Gasteiger partial charge in [0.15, 0.2) is 11.5 Å². The first kappa shape index (κ1) is 32.4. The van der Waals surface area contributed by atoms with E-state index in [0.29, 0.717) is 13.2 Å². The van der Waals surface area contributed by atoms with Gasteiger partial charge in [0.05, 0.1) is 29.7 Å². The van der Waals surface area contributed by atoms with Crippen LogP contribution in [0.25, 0.3) is 0 Å². The molecule has 11 heteroatoms. The number of hydrogen-bond acceptors (Lipinski definition) is 8. The number of piperazine rings is 2. The van der Waals surface area contributed by atoms with Crippen molar-refractivity contribution in [2.75, 3.05) is 89.0 Å². The third kappa shape index (κ3) is 8.59. The van der Waals surface area contributed by atoms with Crippen LogP contribution >= 0.6 is 23.2 Å². The lowest BCUT2D eigenvalue weighted by molar-refractivity contribution is 0.197. The molecular formula is C33H44Cl2N6O3. The van der Waals surface area contributed by atoms with Gasteiger partial charge in [0.1, 0.15) is 11.6 Å². The highest BCUT2D eigenvalue weighted by Crippen LogP contribution is 2.27. The number of para-hydroxylation sites is 3. The van der Waals surface area contributed by atoms with E-state index < -0.39 is 0 Å². The molecule has 0 atom stereocenters. The maximum Gasteiger partial charge on any atom is 0.287 e. The van der Waals surface area contributed by atoms with Crippen molar-refractivity contribution in [1.29, 1.82) is 0 Å². The fourth-order valence-corrected chi connectivity index (χ4v) is 6.46. The van der Waals surface area contributed by atoms with Crippen LogP contribution in [0.4, 0.5) is 11.4 Å². The lowest BCUT2D eigenvalue weighted by Crippen LogP contribution is -2.48. The monoisotopic (exact) mass is 642 g/mol. The first-order chi connectivity index (χ1) is 21.5. The molecule has 2 aliphatic rings. The summed E-state index contributed by atoms with van der Waals surface area (Å²) in [4.78, 5) is 22.4. The van der Waals surface area contributed by atoms with Gasteiger partial charge in [0, 0.05) is 65.4 Å². The van der Waals surface area contributed by atoms with Gasteiger partial charge in [-0.15, -0.1) is 0 Å². The van der Waals surface area contributed by atoms with Crippen LogP contribution in [0.3, 0.4) is 0 Å². The molecule has 2 aliphatic heterocycles. The molecule has 2 fully saturated rings. The molecule has 0 unspecified atom stereocenters. The maximum absolute atomic E-state index is 13.0. The number of methoxy groups -OCH3 is 1. The molecule has 2 aromatic carbocycles. The summed E-state index contributed by atoms with van der Waals surface area (Å²) < 4.78 is 12.8. The zero-order chi connectivity index (χ0) is 30.7. The zero-order valence-electron chi connectivity index (χ0n) is 25.7. The molecule has 44 heavy (non-hydrogen) atoms. The summed E-state index contributed by atoms with van der Waals surface area (Å²) in [5.41, 5.74) is 1.66. The van der Waals surface area contributed by atoms with Crippen LogP contribution in [0.1, 0.15) is 25.7 Å². The molecule has 3 heterocycles. The highest BCUT2D eigenvalue weighted by atomic mass is 35.5. The zero-order valence-corrected chi connectivity index (χ0v) is 27.2. The summed E-state index contributed by atoms with van der Waals surface area (Å²) in [6.07, 6.45) is 6.03. The molecule has 2 saturated heterocycles. The minimum Gasteiger partial charge on any atom is -0.493 e. The van der Waals surface area contributed by atoms with Crippen molar-refractivity contribution in [2.24, 2.45) is 0 Å². The Bertz CT molecular complexity index is 1390. The molecule has 3 aromatic rings. The summed E-state index contributed by atoms with van der Waals surface area (Å²) in [5.74, 6) is 1.50. The topological polar surface area (TPSA) is 66.3 Å². The first-order valence-electron chi connectivity index (χ1n) is 15.7. The fraction of sp³-hybridized carbons (Fsp3) is 0.515. The minimum absolute atomic E-state index is 0.201. The fourth-order valence-electron chi connectivity index (χ4n) is 5.94. The van der Waals surface area contributed by atoms with Crippen molar-refractivity contribution in [1.82, 2.24) is 19.6 Å². The highest BCUT2D eigenvalue weighted by molar-refractivity contribution is 6.33. The van der Waals surface area contributed by atoms with Gasteiger partial charge in [-0.3, -0.25) is 14.6 Å². The Morgan fingerprint density at radius 3 is 1.98 bits per heavy atom. The number of unbranched alkanes of at least 4 members (excludes halogenated alkanes) is 3. The second kappa shape index (κ2) is 16.4. The van der Waals surface area contributed by atoms with Crippen LogP contribution in [0.5, 0.6) is 11.5 Å². The van der Waals surface area contributed by atoms with Gasteiger partial charge in [-0.1, -0.05) is 60.3 Å². The molecular weight excluding hydrogens is 599 g/mol. The van der Waals surface area contributed by atoms with E-state index in [2.05, 4.69) is 30.8 Å². The van der Waals surface area contributed by atoms with Crippen molar-refractivity contribution in [3.8, 4) is 11.5 Å². The molecule has 0 N–H and O–H groups in total. The van der Waals surface area contributed by atoms with Crippen molar-refractivity contribution in [2.45, 2.75) is 32.2 Å². The number of rotatable bonds is 14. The molecule has 238 valence electrons. The highest BCUT2D eigenvalue weighted by Gasteiger charge is 2.22. The van der Waals surface area contributed by atoms with Crippen LogP contribution in [0.2, 0.25) is 10.0 Å². The van der Waals surface area contributed by atoms with E-state index in [9.17, 15) is 4.79 Å². The van der Waals surface area contributed by atoms with Gasteiger partial charge in [0.25, 0.3) is 5.56 Å². The molecule has 9 nitrogen and oxygen atoms in total. The van der Waals surface area contributed by atoms with Gasteiger partial charge >= 0.3 is 0 Å². The maximum atomic E-state index is 13.0. The summed E-state index contributed by atoms with van der Waals surface area (Å²) in [5, 5.41) is 5.57. The van der Waals surface area contributed by atoms with E-state index in [-0.39, 0.29) is 10.6 Å². The summed E-state index contributed by atoms with van der Waals surface area (Å²) >= 11 is 13.0. The Kier molecular flexibility index (Phi) is 12.1. The van der Waals surface area contributed by atoms with Gasteiger partial charge in [-0.2, -0.15) is 5.10 Å². The number of ether oxygens (including phenoxy) is 2. The Hall–Kier alpha value is -2.98. The second-order valence-corrected chi connectivity index (χ2v) is 12.2. The van der Waals surface area contributed by atoms with E-state index >= 15 is 0 Å². The number of benzene rings is 2. The number of hydrogen-bond donors (Lipinski definition) is 0. The summed E-state index contributed by atoms with van der Waals surface area (Å²) in [6, 6.07) is 15.8. The molecule has 0 saturated carbocycles. The molecule has 0 aliphatic carbocycles. The van der Waals surface area contributed by atoms with Crippen molar-refractivity contribution >= 4 is 34.6 Å². The van der Waals surface area contributed by atoms with Crippen molar-refractivity contribution in [3.05, 3.63) is 75.1 Å². The van der Waals surface area contributed by atoms with Gasteiger partial charge in [-0.05, 0) is 43.7 Å². The molecule has 1 aromatic heterocycles. The Labute approximate surface area is 270 Å². The predicted octanol–water partition coefficient (Wildman–Crippen LogP) is 5.14. The average molecular weight is 644 g/mol. The lowest BCUT2D eigenvalue weighted by atomic mass is 10.1. The molecule has 5 rings (SSSR count). The molecule has 0 spiro atoms. The number of aromatic nitrogens is 2. The van der Waals surface area contributed by atoms with Crippen LogP contribution in [-0.4, -0.2) is 98.7 Å². The number of nitrogens with zero attached hydrogens (tertiary/aromatic N) is 6. The van der Waals surface area contributed by atoms with Crippen LogP contribution in [0, 0.1) is 0 Å². The van der Waals surface area contributed by atoms with E-state index in [1.165, 1.54) is 4.68 Å². The van der Waals surface area contributed by atoms with Crippen LogP contribution < -0.4 is 24.8 Å². The third-order valence-electron chi connectivity index (χ3n) is 8.57. The van der Waals surface area contributed by atoms with E-state index in [4.69, 9.17) is 32.7 Å². The number of aryl methyl sites for hydroxylation is 1. The van der Waals surface area contributed by atoms with E-state index in [1.54, 1.807) is 13.3 Å². The van der Waals surface area contributed by atoms with Crippen molar-refractivity contribution in [3.63, 3.8) is 0 Å². The van der Waals surface area contributed by atoms with Crippen LogP contribution in [-0.2, 0) is 6.54 Å². The standard InChI is InChI=1S/C33H44Cl2N6O3/c1-43-30-12-6-7-13-31(30)44-25-24-38-18-22-40(23-19-38)29-26-36-41(33(42)32(29)35)15-9-3-2-8-14-37-16-20-39(21-17-37)28-11-5-4-10-27(28)34/h4-7,10-13,26H,2-3,8-9,14-25H2,1H3. The number of halogens is 2. The molecule has 0 amide bonds. The Morgan fingerprint density at radius 2 is 1.30 bits per heavy atom. The SMILES string of the molecule is COc1ccccc1OCCN1CCN(c2cnn(CCCCCCN3CCN(c4ccccc4Cl)CC3)c(=O)c2Cl)CC1. The van der Waals surface area contributed by atoms with Crippen LogP contribution in [0.15, 0.2) is 59.5 Å². The molecule has 0 bridgehead atoms. The predicted molar refractivity (Wildman–Crippen MR) is 179 cm³/mol. The summed E-state index contributed by atoms with van der Waals surface area (Å²) in [6.45, 7) is 10.5. The Balaban J connectivity index is 0.971. The number of anilines is 2. The quantitative estimate of drug-likeness (QED) is 0.224. The average Bonchev–Trinajstić information content (AvgIpc) is 3.06. The normalized spacial score (nSPS) is 16.3. The summed E-state index contributed by atoms with van der Waals surface area (Å²) in [7, 11) is 1.65. The first-order valence-corrected chi connectivity index (χ1v) is 16.5. The second-order valence-electron chi connectivity index (χ2n) is 11.4. The largest absolute Gasteiger partial charge is 0.493 e. The lowest BCUT2D eigenvalue weighted by Gasteiger charge is -2.36. The van der Waals surface area contributed by atoms with Gasteiger partial charge in [-0.25, -0.2) is 4.68 Å². The van der Waals surface area contributed by atoms with Gasteiger partial charge < -0.3 is 19.3 Å². The molecule has 0 radical (unpaired) electrons. The minimum atomic E-state index is -0.201. The smallest absolute Gasteiger partial charge is 0.287 e. The Morgan fingerprint density at radius 1 is 0.705 bits per heavy atom. The van der Waals surface area contributed by atoms with Gasteiger partial charge in [0.2, 0.25) is 0 Å². The third-order valence-corrected chi connectivity index (χ3v) is 9.25.